The van der Waals surface area contributed by atoms with Gasteiger partial charge in [-0.05, 0) is 43.0 Å². The van der Waals surface area contributed by atoms with Crippen molar-refractivity contribution in [3.05, 3.63) is 29.8 Å². The minimum absolute atomic E-state index is 0.00647. The third-order valence-corrected chi connectivity index (χ3v) is 3.68. The topological polar surface area (TPSA) is 38.3 Å². The summed E-state index contributed by atoms with van der Waals surface area (Å²) in [4.78, 5) is 12.1. The predicted octanol–water partition coefficient (Wildman–Crippen LogP) is 4.42. The van der Waals surface area contributed by atoms with Crippen molar-refractivity contribution < 1.29 is 9.53 Å². The molecule has 0 radical (unpaired) electrons. The molecule has 118 valence electrons. The number of hydrogen-bond donors (Lipinski definition) is 1. The first kappa shape index (κ1) is 17.5. The van der Waals surface area contributed by atoms with Crippen molar-refractivity contribution in [2.75, 3.05) is 13.2 Å². The summed E-state index contributed by atoms with van der Waals surface area (Å²) in [7, 11) is 0. The maximum Gasteiger partial charge on any atom is 0.251 e. The van der Waals surface area contributed by atoms with Crippen LogP contribution in [0, 0.1) is 5.92 Å². The lowest BCUT2D eigenvalue weighted by Crippen LogP contribution is -2.29. The fourth-order valence-corrected chi connectivity index (χ4v) is 2.20. The SMILES string of the molecule is CCCC[C@H](CC)CNC(=O)c1ccc(OCCC)cc1. The van der Waals surface area contributed by atoms with Gasteiger partial charge in [-0.1, -0.05) is 40.0 Å². The Morgan fingerprint density at radius 1 is 1.14 bits per heavy atom. The molecule has 0 bridgehead atoms. The van der Waals surface area contributed by atoms with Crippen LogP contribution in [0.1, 0.15) is 63.2 Å². The van der Waals surface area contributed by atoms with Crippen molar-refractivity contribution in [1.82, 2.24) is 5.32 Å². The summed E-state index contributed by atoms with van der Waals surface area (Å²) in [6.45, 7) is 7.94. The third-order valence-electron chi connectivity index (χ3n) is 3.68. The summed E-state index contributed by atoms with van der Waals surface area (Å²) in [6.07, 6.45) is 5.74. The fourth-order valence-electron chi connectivity index (χ4n) is 2.20. The summed E-state index contributed by atoms with van der Waals surface area (Å²) >= 11 is 0. The number of rotatable bonds is 10. The van der Waals surface area contributed by atoms with Crippen LogP contribution in [0.25, 0.3) is 0 Å². The highest BCUT2D eigenvalue weighted by atomic mass is 16.5. The second-order valence-corrected chi connectivity index (χ2v) is 5.50. The van der Waals surface area contributed by atoms with Crippen LogP contribution < -0.4 is 10.1 Å². The zero-order chi connectivity index (χ0) is 15.5. The van der Waals surface area contributed by atoms with Crippen molar-refractivity contribution in [3.63, 3.8) is 0 Å². The second kappa shape index (κ2) is 10.3. The number of nitrogens with one attached hydrogen (secondary N) is 1. The summed E-state index contributed by atoms with van der Waals surface area (Å²) in [5.41, 5.74) is 0.698. The number of carbonyl (C=O) groups is 1. The lowest BCUT2D eigenvalue weighted by Gasteiger charge is -2.15. The van der Waals surface area contributed by atoms with Gasteiger partial charge in [-0.2, -0.15) is 0 Å². The molecule has 0 saturated carbocycles. The first-order chi connectivity index (χ1) is 10.2. The minimum atomic E-state index is 0.00647. The molecule has 21 heavy (non-hydrogen) atoms. The largest absolute Gasteiger partial charge is 0.494 e. The summed E-state index contributed by atoms with van der Waals surface area (Å²) in [6, 6.07) is 7.37. The Morgan fingerprint density at radius 3 is 2.43 bits per heavy atom. The standard InChI is InChI=1S/C18H29NO2/c1-4-7-8-15(6-3)14-19-18(20)16-9-11-17(12-10-16)21-13-5-2/h9-12,15H,4-8,13-14H2,1-3H3,(H,19,20)/t15-/m0/s1. The molecule has 0 spiro atoms. The van der Waals surface area contributed by atoms with Gasteiger partial charge < -0.3 is 10.1 Å². The Hall–Kier alpha value is -1.51. The zero-order valence-corrected chi connectivity index (χ0v) is 13.7. The van der Waals surface area contributed by atoms with Crippen LogP contribution in [0.2, 0.25) is 0 Å². The first-order valence-corrected chi connectivity index (χ1v) is 8.22. The van der Waals surface area contributed by atoms with E-state index >= 15 is 0 Å². The maximum absolute atomic E-state index is 12.1. The van der Waals surface area contributed by atoms with Crippen LogP contribution in [0.4, 0.5) is 0 Å². The summed E-state index contributed by atoms with van der Waals surface area (Å²) in [5.74, 6) is 1.41. The Bertz CT molecular complexity index is 400. The lowest BCUT2D eigenvalue weighted by atomic mass is 9.99. The number of hydrogen-bond acceptors (Lipinski definition) is 2. The van der Waals surface area contributed by atoms with E-state index in [0.29, 0.717) is 18.1 Å². The lowest BCUT2D eigenvalue weighted by molar-refractivity contribution is 0.0946. The molecular weight excluding hydrogens is 262 g/mol. The molecule has 0 saturated heterocycles. The van der Waals surface area contributed by atoms with E-state index in [1.165, 1.54) is 19.3 Å². The number of ether oxygens (including phenoxy) is 1. The first-order valence-electron chi connectivity index (χ1n) is 8.22. The molecule has 0 fully saturated rings. The van der Waals surface area contributed by atoms with E-state index in [0.717, 1.165) is 25.1 Å². The van der Waals surface area contributed by atoms with Crippen LogP contribution in [0.3, 0.4) is 0 Å². The Labute approximate surface area is 129 Å². The molecule has 1 aromatic carbocycles. The second-order valence-electron chi connectivity index (χ2n) is 5.50. The van der Waals surface area contributed by atoms with Crippen LogP contribution in [-0.2, 0) is 0 Å². The van der Waals surface area contributed by atoms with Crippen molar-refractivity contribution >= 4 is 5.91 Å². The van der Waals surface area contributed by atoms with Gasteiger partial charge in [0.25, 0.3) is 5.91 Å². The monoisotopic (exact) mass is 291 g/mol. The molecule has 1 aromatic rings. The molecular formula is C18H29NO2. The van der Waals surface area contributed by atoms with Crippen LogP contribution in [0.15, 0.2) is 24.3 Å². The van der Waals surface area contributed by atoms with E-state index in [4.69, 9.17) is 4.74 Å². The molecule has 0 aromatic heterocycles. The van der Waals surface area contributed by atoms with Gasteiger partial charge in [0.05, 0.1) is 6.61 Å². The van der Waals surface area contributed by atoms with E-state index in [-0.39, 0.29) is 5.91 Å². The molecule has 1 atom stereocenters. The number of benzene rings is 1. The highest BCUT2D eigenvalue weighted by Gasteiger charge is 2.10. The van der Waals surface area contributed by atoms with E-state index in [1.807, 2.05) is 24.3 Å². The summed E-state index contributed by atoms with van der Waals surface area (Å²) < 4.78 is 5.52. The van der Waals surface area contributed by atoms with E-state index < -0.39 is 0 Å². The molecule has 0 unspecified atom stereocenters. The van der Waals surface area contributed by atoms with Gasteiger partial charge in [0.2, 0.25) is 0 Å². The molecule has 0 aliphatic carbocycles. The maximum atomic E-state index is 12.1. The van der Waals surface area contributed by atoms with Gasteiger partial charge in [0.1, 0.15) is 5.75 Å². The highest BCUT2D eigenvalue weighted by molar-refractivity contribution is 5.94. The third kappa shape index (κ3) is 6.65. The van der Waals surface area contributed by atoms with Crippen molar-refractivity contribution in [3.8, 4) is 5.75 Å². The normalized spacial score (nSPS) is 12.0. The van der Waals surface area contributed by atoms with Gasteiger partial charge in [-0.25, -0.2) is 0 Å². The average Bonchev–Trinajstić information content (AvgIpc) is 2.53. The quantitative estimate of drug-likeness (QED) is 0.693. The Balaban J connectivity index is 2.43. The van der Waals surface area contributed by atoms with Gasteiger partial charge in [-0.3, -0.25) is 4.79 Å². The molecule has 3 nitrogen and oxygen atoms in total. The molecule has 0 aliphatic heterocycles. The molecule has 0 heterocycles. The van der Waals surface area contributed by atoms with Crippen molar-refractivity contribution in [2.24, 2.45) is 5.92 Å². The van der Waals surface area contributed by atoms with Crippen molar-refractivity contribution in [1.29, 1.82) is 0 Å². The molecule has 1 N–H and O–H groups in total. The van der Waals surface area contributed by atoms with Crippen LogP contribution >= 0.6 is 0 Å². The number of carbonyl (C=O) groups excluding carboxylic acids is 1. The predicted molar refractivity (Wildman–Crippen MR) is 87.9 cm³/mol. The molecule has 1 amide bonds. The van der Waals surface area contributed by atoms with Gasteiger partial charge >= 0.3 is 0 Å². The molecule has 1 rings (SSSR count). The highest BCUT2D eigenvalue weighted by Crippen LogP contribution is 2.14. The fraction of sp³-hybridized carbons (Fsp3) is 0.611. The van der Waals surface area contributed by atoms with Crippen molar-refractivity contribution in [2.45, 2.75) is 52.9 Å². The minimum Gasteiger partial charge on any atom is -0.494 e. The number of unbranched alkanes of at least 4 members (excludes halogenated alkanes) is 1. The molecule has 0 aliphatic rings. The molecule has 3 heteroatoms. The Morgan fingerprint density at radius 2 is 1.86 bits per heavy atom. The smallest absolute Gasteiger partial charge is 0.251 e. The van der Waals surface area contributed by atoms with Crippen LogP contribution in [0.5, 0.6) is 5.75 Å². The van der Waals surface area contributed by atoms with E-state index in [9.17, 15) is 4.79 Å². The zero-order valence-electron chi connectivity index (χ0n) is 13.7. The van der Waals surface area contributed by atoms with Crippen LogP contribution in [-0.4, -0.2) is 19.1 Å². The Kier molecular flexibility index (Phi) is 8.56. The summed E-state index contributed by atoms with van der Waals surface area (Å²) in [5, 5.41) is 3.04. The average molecular weight is 291 g/mol. The van der Waals surface area contributed by atoms with Gasteiger partial charge in [-0.15, -0.1) is 0 Å². The van der Waals surface area contributed by atoms with Gasteiger partial charge in [0, 0.05) is 12.1 Å². The van der Waals surface area contributed by atoms with E-state index in [2.05, 4.69) is 26.1 Å². The number of amides is 1. The van der Waals surface area contributed by atoms with Gasteiger partial charge in [0.15, 0.2) is 0 Å². The van der Waals surface area contributed by atoms with E-state index in [1.54, 1.807) is 0 Å².